The number of aromatic nitrogens is 3. The number of anilines is 1. The van der Waals surface area contributed by atoms with E-state index in [1.165, 1.54) is 6.20 Å². The standard InChI is InChI=1S/C12H13ClN4O/c1-3-10-16-11(14)7(2)12(17-10)18-9-4-8(13)5-15-6-9/h4-6H,3H2,1-2H3,(H2,14,16,17). The van der Waals surface area contributed by atoms with Crippen molar-refractivity contribution in [3.8, 4) is 11.6 Å². The molecule has 0 radical (unpaired) electrons. The maximum atomic E-state index is 5.84. The molecule has 0 atom stereocenters. The van der Waals surface area contributed by atoms with Crippen molar-refractivity contribution in [1.82, 2.24) is 15.0 Å². The molecule has 0 spiro atoms. The summed E-state index contributed by atoms with van der Waals surface area (Å²) in [6.45, 7) is 3.76. The Morgan fingerprint density at radius 1 is 1.33 bits per heavy atom. The summed E-state index contributed by atoms with van der Waals surface area (Å²) in [6.07, 6.45) is 3.79. The van der Waals surface area contributed by atoms with Gasteiger partial charge in [0.25, 0.3) is 0 Å². The quantitative estimate of drug-likeness (QED) is 0.923. The minimum Gasteiger partial charge on any atom is -0.437 e. The van der Waals surface area contributed by atoms with Gasteiger partial charge in [-0.05, 0) is 6.92 Å². The Labute approximate surface area is 110 Å². The number of pyridine rings is 1. The van der Waals surface area contributed by atoms with E-state index in [0.29, 0.717) is 40.3 Å². The third-order valence-electron chi connectivity index (χ3n) is 2.40. The van der Waals surface area contributed by atoms with Crippen LogP contribution in [0.25, 0.3) is 0 Å². The number of nitrogens with two attached hydrogens (primary N) is 1. The summed E-state index contributed by atoms with van der Waals surface area (Å²) in [5.74, 6) is 2.02. The highest BCUT2D eigenvalue weighted by molar-refractivity contribution is 6.30. The first kappa shape index (κ1) is 12.6. The van der Waals surface area contributed by atoms with Crippen LogP contribution >= 0.6 is 11.6 Å². The average molecular weight is 265 g/mol. The predicted molar refractivity (Wildman–Crippen MR) is 69.9 cm³/mol. The average Bonchev–Trinajstić information content (AvgIpc) is 2.34. The molecule has 0 unspecified atom stereocenters. The molecule has 0 amide bonds. The van der Waals surface area contributed by atoms with Gasteiger partial charge in [-0.3, -0.25) is 4.98 Å². The molecule has 2 N–H and O–H groups in total. The van der Waals surface area contributed by atoms with Crippen molar-refractivity contribution < 1.29 is 4.74 Å². The maximum absolute atomic E-state index is 5.84. The fourth-order valence-electron chi connectivity index (χ4n) is 1.38. The SMILES string of the molecule is CCc1nc(N)c(C)c(Oc2cncc(Cl)c2)n1. The van der Waals surface area contributed by atoms with Crippen LogP contribution in [0.15, 0.2) is 18.5 Å². The first-order valence-electron chi connectivity index (χ1n) is 5.51. The first-order valence-corrected chi connectivity index (χ1v) is 5.89. The highest BCUT2D eigenvalue weighted by Crippen LogP contribution is 2.26. The summed E-state index contributed by atoms with van der Waals surface area (Å²) in [4.78, 5) is 12.4. The number of rotatable bonds is 3. The number of halogens is 1. The van der Waals surface area contributed by atoms with E-state index in [1.807, 2.05) is 13.8 Å². The van der Waals surface area contributed by atoms with Crippen LogP contribution in [-0.2, 0) is 6.42 Å². The molecule has 2 rings (SSSR count). The van der Waals surface area contributed by atoms with Gasteiger partial charge in [0.05, 0.1) is 16.8 Å². The molecule has 94 valence electrons. The molecule has 0 saturated heterocycles. The van der Waals surface area contributed by atoms with Gasteiger partial charge in [0.2, 0.25) is 5.88 Å². The van der Waals surface area contributed by atoms with E-state index in [0.717, 1.165) is 0 Å². The van der Waals surface area contributed by atoms with E-state index in [1.54, 1.807) is 12.3 Å². The van der Waals surface area contributed by atoms with Crippen molar-refractivity contribution in [2.75, 3.05) is 5.73 Å². The van der Waals surface area contributed by atoms with Crippen LogP contribution in [0.2, 0.25) is 5.02 Å². The molecule has 0 aromatic carbocycles. The van der Waals surface area contributed by atoms with E-state index in [4.69, 9.17) is 22.1 Å². The number of nitrogens with zero attached hydrogens (tertiary/aromatic N) is 3. The van der Waals surface area contributed by atoms with Crippen LogP contribution in [0.1, 0.15) is 18.3 Å². The summed E-state index contributed by atoms with van der Waals surface area (Å²) < 4.78 is 5.64. The summed E-state index contributed by atoms with van der Waals surface area (Å²) >= 11 is 5.84. The van der Waals surface area contributed by atoms with Gasteiger partial charge in [-0.25, -0.2) is 4.98 Å². The number of ether oxygens (including phenoxy) is 1. The number of aryl methyl sites for hydroxylation is 1. The van der Waals surface area contributed by atoms with Gasteiger partial charge in [0.15, 0.2) is 0 Å². The van der Waals surface area contributed by atoms with Crippen molar-refractivity contribution in [3.05, 3.63) is 34.9 Å². The highest BCUT2D eigenvalue weighted by atomic mass is 35.5. The van der Waals surface area contributed by atoms with Crippen LogP contribution in [0.4, 0.5) is 5.82 Å². The topological polar surface area (TPSA) is 73.9 Å². The number of hydrogen-bond acceptors (Lipinski definition) is 5. The van der Waals surface area contributed by atoms with Crippen molar-refractivity contribution in [2.45, 2.75) is 20.3 Å². The zero-order valence-electron chi connectivity index (χ0n) is 10.1. The molecule has 5 nitrogen and oxygen atoms in total. The van der Waals surface area contributed by atoms with Crippen molar-refractivity contribution in [1.29, 1.82) is 0 Å². The van der Waals surface area contributed by atoms with Crippen LogP contribution in [0.5, 0.6) is 11.6 Å². The van der Waals surface area contributed by atoms with E-state index >= 15 is 0 Å². The zero-order chi connectivity index (χ0) is 13.1. The lowest BCUT2D eigenvalue weighted by Crippen LogP contribution is -2.04. The fourth-order valence-corrected chi connectivity index (χ4v) is 1.54. The van der Waals surface area contributed by atoms with Gasteiger partial charge in [0.1, 0.15) is 17.4 Å². The van der Waals surface area contributed by atoms with Crippen molar-refractivity contribution in [3.63, 3.8) is 0 Å². The normalized spacial score (nSPS) is 10.4. The van der Waals surface area contributed by atoms with Crippen LogP contribution in [-0.4, -0.2) is 15.0 Å². The van der Waals surface area contributed by atoms with Crippen molar-refractivity contribution in [2.24, 2.45) is 0 Å². The molecule has 0 saturated carbocycles. The Morgan fingerprint density at radius 3 is 2.78 bits per heavy atom. The molecule has 0 bridgehead atoms. The Bertz CT molecular complexity index is 574. The maximum Gasteiger partial charge on any atom is 0.227 e. The van der Waals surface area contributed by atoms with E-state index in [-0.39, 0.29) is 0 Å². The Morgan fingerprint density at radius 2 is 2.11 bits per heavy atom. The Balaban J connectivity index is 2.36. The molecule has 6 heteroatoms. The second-order valence-corrected chi connectivity index (χ2v) is 4.19. The summed E-state index contributed by atoms with van der Waals surface area (Å²) in [5, 5.41) is 0.503. The first-order chi connectivity index (χ1) is 8.60. The highest BCUT2D eigenvalue weighted by Gasteiger charge is 2.10. The monoisotopic (exact) mass is 264 g/mol. The van der Waals surface area contributed by atoms with Gasteiger partial charge in [-0.2, -0.15) is 4.98 Å². The molecule has 18 heavy (non-hydrogen) atoms. The third-order valence-corrected chi connectivity index (χ3v) is 2.60. The van der Waals surface area contributed by atoms with Gasteiger partial charge < -0.3 is 10.5 Å². The van der Waals surface area contributed by atoms with Crippen LogP contribution in [0, 0.1) is 6.92 Å². The molecular formula is C12H13ClN4O. The molecule has 2 heterocycles. The molecule has 2 aromatic rings. The summed E-state index contributed by atoms with van der Waals surface area (Å²) in [7, 11) is 0. The van der Waals surface area contributed by atoms with Crippen molar-refractivity contribution >= 4 is 17.4 Å². The van der Waals surface area contributed by atoms with Crippen LogP contribution in [0.3, 0.4) is 0 Å². The van der Waals surface area contributed by atoms with Gasteiger partial charge >= 0.3 is 0 Å². The molecule has 0 aliphatic carbocycles. The zero-order valence-corrected chi connectivity index (χ0v) is 10.9. The van der Waals surface area contributed by atoms with E-state index < -0.39 is 0 Å². The second kappa shape index (κ2) is 5.18. The van der Waals surface area contributed by atoms with E-state index in [9.17, 15) is 0 Å². The summed E-state index contributed by atoms with van der Waals surface area (Å²) in [5.41, 5.74) is 6.51. The number of nitrogen functional groups attached to an aromatic ring is 1. The molecular weight excluding hydrogens is 252 g/mol. The Hall–Kier alpha value is -1.88. The van der Waals surface area contributed by atoms with Crippen LogP contribution < -0.4 is 10.5 Å². The summed E-state index contributed by atoms with van der Waals surface area (Å²) in [6, 6.07) is 1.66. The van der Waals surface area contributed by atoms with E-state index in [2.05, 4.69) is 15.0 Å². The largest absolute Gasteiger partial charge is 0.437 e. The third kappa shape index (κ3) is 2.68. The molecule has 0 aliphatic heterocycles. The molecule has 0 aliphatic rings. The smallest absolute Gasteiger partial charge is 0.227 e. The number of hydrogen-bond donors (Lipinski definition) is 1. The molecule has 0 fully saturated rings. The minimum absolute atomic E-state index is 0.423. The lowest BCUT2D eigenvalue weighted by atomic mass is 10.3. The van der Waals surface area contributed by atoms with Gasteiger partial charge in [-0.15, -0.1) is 0 Å². The predicted octanol–water partition coefficient (Wildman–Crippen LogP) is 2.77. The van der Waals surface area contributed by atoms with Gasteiger partial charge in [-0.1, -0.05) is 18.5 Å². The van der Waals surface area contributed by atoms with Gasteiger partial charge in [0, 0.05) is 18.7 Å². The second-order valence-electron chi connectivity index (χ2n) is 3.75. The lowest BCUT2D eigenvalue weighted by molar-refractivity contribution is 0.453. The minimum atomic E-state index is 0.423. The fraction of sp³-hybridized carbons (Fsp3) is 0.250. The molecule has 2 aromatic heterocycles. The lowest BCUT2D eigenvalue weighted by Gasteiger charge is -2.10. The Kier molecular flexibility index (Phi) is 3.62.